The van der Waals surface area contributed by atoms with Crippen LogP contribution in [0.4, 0.5) is 0 Å². The standard InChI is InChI=1S/C11H19BrN2S/c1-9(11-10(12)5-8-15-11)13-6-4-7-14(2)3/h5,8-9,13H,4,6-7H2,1-3H3. The lowest BCUT2D eigenvalue weighted by molar-refractivity contribution is 0.389. The molecule has 0 bridgehead atoms. The van der Waals surface area contributed by atoms with E-state index in [9.17, 15) is 0 Å². The highest BCUT2D eigenvalue weighted by Gasteiger charge is 2.09. The number of nitrogens with one attached hydrogen (secondary N) is 1. The molecule has 0 amide bonds. The number of rotatable bonds is 6. The van der Waals surface area contributed by atoms with Gasteiger partial charge in [-0.25, -0.2) is 0 Å². The summed E-state index contributed by atoms with van der Waals surface area (Å²) in [6, 6.07) is 2.55. The topological polar surface area (TPSA) is 15.3 Å². The molecule has 0 saturated heterocycles. The van der Waals surface area contributed by atoms with Gasteiger partial charge in [0.05, 0.1) is 0 Å². The van der Waals surface area contributed by atoms with E-state index in [1.165, 1.54) is 15.8 Å². The Labute approximate surface area is 105 Å². The van der Waals surface area contributed by atoms with Crippen LogP contribution in [0, 0.1) is 0 Å². The third-order valence-electron chi connectivity index (χ3n) is 2.27. The van der Waals surface area contributed by atoms with Crippen LogP contribution in [0.1, 0.15) is 24.3 Å². The van der Waals surface area contributed by atoms with Gasteiger partial charge in [0.15, 0.2) is 0 Å². The Hall–Kier alpha value is 0.100. The normalized spacial score (nSPS) is 13.4. The van der Waals surface area contributed by atoms with Crippen molar-refractivity contribution in [2.24, 2.45) is 0 Å². The van der Waals surface area contributed by atoms with Crippen LogP contribution >= 0.6 is 27.3 Å². The molecule has 1 aromatic rings. The summed E-state index contributed by atoms with van der Waals surface area (Å²) in [5, 5.41) is 5.66. The molecule has 0 aliphatic carbocycles. The number of halogens is 1. The van der Waals surface area contributed by atoms with Crippen molar-refractivity contribution in [3.8, 4) is 0 Å². The minimum Gasteiger partial charge on any atom is -0.309 e. The van der Waals surface area contributed by atoms with Crippen LogP contribution < -0.4 is 5.32 Å². The number of hydrogen-bond donors (Lipinski definition) is 1. The van der Waals surface area contributed by atoms with E-state index in [0.717, 1.165) is 13.1 Å². The van der Waals surface area contributed by atoms with Crippen LogP contribution in [0.3, 0.4) is 0 Å². The molecule has 0 aromatic carbocycles. The summed E-state index contributed by atoms with van der Waals surface area (Å²) in [6.45, 7) is 4.43. The van der Waals surface area contributed by atoms with E-state index in [-0.39, 0.29) is 0 Å². The van der Waals surface area contributed by atoms with Crippen LogP contribution in [0.2, 0.25) is 0 Å². The van der Waals surface area contributed by atoms with Gasteiger partial charge >= 0.3 is 0 Å². The zero-order chi connectivity index (χ0) is 11.3. The monoisotopic (exact) mass is 290 g/mol. The highest BCUT2D eigenvalue weighted by Crippen LogP contribution is 2.28. The maximum absolute atomic E-state index is 3.56. The average Bonchev–Trinajstić information content (AvgIpc) is 2.58. The highest BCUT2D eigenvalue weighted by molar-refractivity contribution is 9.10. The van der Waals surface area contributed by atoms with Gasteiger partial charge in [-0.05, 0) is 67.9 Å². The SMILES string of the molecule is CC(NCCCN(C)C)c1sccc1Br. The van der Waals surface area contributed by atoms with E-state index in [2.05, 4.69) is 58.6 Å². The Kier molecular flexibility index (Phi) is 5.82. The van der Waals surface area contributed by atoms with Gasteiger partial charge in [-0.2, -0.15) is 0 Å². The molecular formula is C11H19BrN2S. The Bertz CT molecular complexity index is 286. The molecular weight excluding hydrogens is 272 g/mol. The summed E-state index contributed by atoms with van der Waals surface area (Å²) in [7, 11) is 4.22. The van der Waals surface area contributed by atoms with Gasteiger partial charge in [0, 0.05) is 15.4 Å². The average molecular weight is 291 g/mol. The second-order valence-corrected chi connectivity index (χ2v) is 5.77. The first-order valence-electron chi connectivity index (χ1n) is 5.22. The molecule has 0 aliphatic heterocycles. The highest BCUT2D eigenvalue weighted by atomic mass is 79.9. The lowest BCUT2D eigenvalue weighted by Crippen LogP contribution is -2.23. The molecule has 15 heavy (non-hydrogen) atoms. The summed E-state index contributed by atoms with van der Waals surface area (Å²) >= 11 is 5.36. The first-order valence-corrected chi connectivity index (χ1v) is 6.89. The predicted molar refractivity (Wildman–Crippen MR) is 71.6 cm³/mol. The Morgan fingerprint density at radius 1 is 1.53 bits per heavy atom. The molecule has 1 aromatic heterocycles. The quantitative estimate of drug-likeness (QED) is 0.810. The van der Waals surface area contributed by atoms with Gasteiger partial charge in [0.25, 0.3) is 0 Å². The summed E-state index contributed by atoms with van der Waals surface area (Å²) in [4.78, 5) is 3.60. The van der Waals surface area contributed by atoms with Crippen LogP contribution in [0.15, 0.2) is 15.9 Å². The molecule has 1 unspecified atom stereocenters. The molecule has 1 N–H and O–H groups in total. The zero-order valence-electron chi connectivity index (χ0n) is 9.59. The molecule has 0 radical (unpaired) electrons. The van der Waals surface area contributed by atoms with E-state index >= 15 is 0 Å². The second-order valence-electron chi connectivity index (χ2n) is 3.97. The molecule has 1 heterocycles. The molecule has 86 valence electrons. The summed E-state index contributed by atoms with van der Waals surface area (Å²) in [5.74, 6) is 0. The predicted octanol–water partition coefficient (Wildman–Crippen LogP) is 3.11. The summed E-state index contributed by atoms with van der Waals surface area (Å²) in [5.41, 5.74) is 0. The van der Waals surface area contributed by atoms with Crippen molar-refractivity contribution in [2.75, 3.05) is 27.2 Å². The lowest BCUT2D eigenvalue weighted by Gasteiger charge is -2.14. The van der Waals surface area contributed by atoms with Crippen molar-refractivity contribution in [3.05, 3.63) is 20.8 Å². The number of thiophene rings is 1. The maximum atomic E-state index is 3.56. The van der Waals surface area contributed by atoms with Crippen molar-refractivity contribution < 1.29 is 0 Å². The fourth-order valence-corrected chi connectivity index (χ4v) is 3.17. The summed E-state index contributed by atoms with van der Waals surface area (Å²) in [6.07, 6.45) is 1.19. The van der Waals surface area contributed by atoms with Crippen LogP contribution in [0.5, 0.6) is 0 Å². The molecule has 2 nitrogen and oxygen atoms in total. The maximum Gasteiger partial charge on any atom is 0.0397 e. The summed E-state index contributed by atoms with van der Waals surface area (Å²) < 4.78 is 1.22. The molecule has 1 rings (SSSR count). The van der Waals surface area contributed by atoms with Crippen LogP contribution in [-0.4, -0.2) is 32.1 Å². The third-order valence-corrected chi connectivity index (χ3v) is 4.32. The Balaban J connectivity index is 2.25. The van der Waals surface area contributed by atoms with Crippen molar-refractivity contribution in [2.45, 2.75) is 19.4 Å². The van der Waals surface area contributed by atoms with E-state index in [1.807, 2.05) is 0 Å². The number of hydrogen-bond acceptors (Lipinski definition) is 3. The fourth-order valence-electron chi connectivity index (χ4n) is 1.42. The van der Waals surface area contributed by atoms with E-state index in [4.69, 9.17) is 0 Å². The van der Waals surface area contributed by atoms with Gasteiger partial charge in [0.1, 0.15) is 0 Å². The van der Waals surface area contributed by atoms with Crippen molar-refractivity contribution in [3.63, 3.8) is 0 Å². The first-order chi connectivity index (χ1) is 7.11. The van der Waals surface area contributed by atoms with Crippen LogP contribution in [-0.2, 0) is 0 Å². The molecule has 0 saturated carbocycles. The number of nitrogens with zero attached hydrogens (tertiary/aromatic N) is 1. The van der Waals surface area contributed by atoms with Crippen LogP contribution in [0.25, 0.3) is 0 Å². The third kappa shape index (κ3) is 4.64. The minimum absolute atomic E-state index is 0.446. The van der Waals surface area contributed by atoms with Crippen molar-refractivity contribution in [1.82, 2.24) is 10.2 Å². The van der Waals surface area contributed by atoms with Gasteiger partial charge in [-0.3, -0.25) is 0 Å². The van der Waals surface area contributed by atoms with Gasteiger partial charge in [0.2, 0.25) is 0 Å². The molecule has 1 atom stereocenters. The second kappa shape index (κ2) is 6.63. The Morgan fingerprint density at radius 2 is 2.27 bits per heavy atom. The lowest BCUT2D eigenvalue weighted by atomic mass is 10.2. The van der Waals surface area contributed by atoms with Gasteiger partial charge in [-0.15, -0.1) is 11.3 Å². The van der Waals surface area contributed by atoms with Crippen molar-refractivity contribution in [1.29, 1.82) is 0 Å². The van der Waals surface area contributed by atoms with Crippen molar-refractivity contribution >= 4 is 27.3 Å². The molecule has 0 fully saturated rings. The van der Waals surface area contributed by atoms with E-state index in [0.29, 0.717) is 6.04 Å². The van der Waals surface area contributed by atoms with Gasteiger partial charge < -0.3 is 10.2 Å². The van der Waals surface area contributed by atoms with Gasteiger partial charge in [-0.1, -0.05) is 0 Å². The molecule has 0 aliphatic rings. The molecule has 4 heteroatoms. The largest absolute Gasteiger partial charge is 0.309 e. The van der Waals surface area contributed by atoms with E-state index < -0.39 is 0 Å². The van der Waals surface area contributed by atoms with E-state index in [1.54, 1.807) is 11.3 Å². The fraction of sp³-hybridized carbons (Fsp3) is 0.636. The smallest absolute Gasteiger partial charge is 0.0397 e. The first kappa shape index (κ1) is 13.2. The Morgan fingerprint density at radius 3 is 2.80 bits per heavy atom. The minimum atomic E-state index is 0.446. The molecule has 0 spiro atoms. The zero-order valence-corrected chi connectivity index (χ0v) is 12.0.